The summed E-state index contributed by atoms with van der Waals surface area (Å²) in [6.45, 7) is 5.03. The van der Waals surface area contributed by atoms with Crippen molar-refractivity contribution in [1.82, 2.24) is 9.55 Å². The van der Waals surface area contributed by atoms with Gasteiger partial charge in [-0.15, -0.1) is 0 Å². The third-order valence-corrected chi connectivity index (χ3v) is 2.63. The fourth-order valence-corrected chi connectivity index (χ4v) is 1.42. The van der Waals surface area contributed by atoms with E-state index in [0.29, 0.717) is 4.99 Å². The summed E-state index contributed by atoms with van der Waals surface area (Å²) in [6.07, 6.45) is 5.94. The highest BCUT2D eigenvalue weighted by molar-refractivity contribution is 7.80. The smallest absolute Gasteiger partial charge is 0.108 e. The first-order chi connectivity index (χ1) is 6.65. The summed E-state index contributed by atoms with van der Waals surface area (Å²) in [5.41, 5.74) is 5.57. The first-order valence-electron chi connectivity index (χ1n) is 4.94. The highest BCUT2D eigenvalue weighted by Gasteiger charge is 2.08. The molecule has 0 amide bonds. The monoisotopic (exact) mass is 211 g/mol. The molecule has 14 heavy (non-hydrogen) atoms. The summed E-state index contributed by atoms with van der Waals surface area (Å²) in [7, 11) is 0. The molecule has 0 spiro atoms. The van der Waals surface area contributed by atoms with Gasteiger partial charge >= 0.3 is 0 Å². The number of nitrogens with two attached hydrogens (primary N) is 1. The van der Waals surface area contributed by atoms with Gasteiger partial charge in [-0.1, -0.05) is 26.1 Å². The van der Waals surface area contributed by atoms with E-state index in [1.165, 1.54) is 0 Å². The average molecular weight is 211 g/mol. The van der Waals surface area contributed by atoms with E-state index in [0.717, 1.165) is 25.2 Å². The van der Waals surface area contributed by atoms with Crippen molar-refractivity contribution in [1.29, 1.82) is 0 Å². The average Bonchev–Trinajstić information content (AvgIpc) is 2.53. The van der Waals surface area contributed by atoms with Crippen LogP contribution in [0.3, 0.4) is 0 Å². The van der Waals surface area contributed by atoms with Gasteiger partial charge in [-0.2, -0.15) is 0 Å². The molecule has 2 N–H and O–H groups in total. The molecular weight excluding hydrogens is 194 g/mol. The van der Waals surface area contributed by atoms with Crippen molar-refractivity contribution in [3.05, 3.63) is 18.2 Å². The van der Waals surface area contributed by atoms with Gasteiger partial charge in [0, 0.05) is 31.3 Å². The highest BCUT2D eigenvalue weighted by Crippen LogP contribution is 2.06. The molecule has 1 aromatic heterocycles. The Balaban J connectivity index is 2.66. The van der Waals surface area contributed by atoms with Crippen LogP contribution in [0.2, 0.25) is 0 Å². The van der Waals surface area contributed by atoms with Crippen LogP contribution in [-0.4, -0.2) is 14.5 Å². The quantitative estimate of drug-likeness (QED) is 0.755. The molecule has 4 heteroatoms. The molecule has 0 aliphatic carbocycles. The molecule has 1 heterocycles. The zero-order chi connectivity index (χ0) is 10.6. The van der Waals surface area contributed by atoms with E-state index in [1.807, 2.05) is 19.3 Å². The SMILES string of the molecule is CCCc1nccn1CC(C)C(N)=S. The normalized spacial score (nSPS) is 12.7. The molecule has 0 aromatic carbocycles. The number of nitrogens with zero attached hydrogens (tertiary/aromatic N) is 2. The van der Waals surface area contributed by atoms with E-state index in [4.69, 9.17) is 18.0 Å². The fourth-order valence-electron chi connectivity index (χ4n) is 1.34. The topological polar surface area (TPSA) is 43.8 Å². The lowest BCUT2D eigenvalue weighted by Gasteiger charge is -2.12. The molecule has 1 unspecified atom stereocenters. The van der Waals surface area contributed by atoms with Crippen molar-refractivity contribution in [2.75, 3.05) is 0 Å². The molecule has 0 fully saturated rings. The molecule has 1 aromatic rings. The fraction of sp³-hybridized carbons (Fsp3) is 0.600. The van der Waals surface area contributed by atoms with Crippen molar-refractivity contribution in [2.45, 2.75) is 33.2 Å². The van der Waals surface area contributed by atoms with Crippen LogP contribution in [0, 0.1) is 5.92 Å². The number of aromatic nitrogens is 2. The van der Waals surface area contributed by atoms with Crippen molar-refractivity contribution in [2.24, 2.45) is 11.7 Å². The van der Waals surface area contributed by atoms with Crippen LogP contribution in [0.5, 0.6) is 0 Å². The summed E-state index contributed by atoms with van der Waals surface area (Å²) in [5.74, 6) is 1.35. The van der Waals surface area contributed by atoms with Crippen LogP contribution in [-0.2, 0) is 13.0 Å². The summed E-state index contributed by atoms with van der Waals surface area (Å²) in [6, 6.07) is 0. The Morgan fingerprint density at radius 1 is 1.71 bits per heavy atom. The second kappa shape index (κ2) is 5.10. The van der Waals surface area contributed by atoms with Crippen LogP contribution in [0.15, 0.2) is 12.4 Å². The van der Waals surface area contributed by atoms with Crippen LogP contribution in [0.4, 0.5) is 0 Å². The van der Waals surface area contributed by atoms with Crippen molar-refractivity contribution < 1.29 is 0 Å². The number of aryl methyl sites for hydroxylation is 1. The number of thiocarbonyl (C=S) groups is 1. The largest absolute Gasteiger partial charge is 0.393 e. The molecule has 0 aliphatic heterocycles. The van der Waals surface area contributed by atoms with Crippen molar-refractivity contribution in [3.8, 4) is 0 Å². The van der Waals surface area contributed by atoms with Gasteiger partial charge in [0.05, 0.1) is 4.99 Å². The lowest BCUT2D eigenvalue weighted by molar-refractivity contribution is 0.569. The van der Waals surface area contributed by atoms with Crippen LogP contribution in [0.1, 0.15) is 26.1 Å². The van der Waals surface area contributed by atoms with Crippen LogP contribution < -0.4 is 5.73 Å². The minimum atomic E-state index is 0.231. The zero-order valence-corrected chi connectivity index (χ0v) is 9.55. The van der Waals surface area contributed by atoms with Gasteiger partial charge in [0.15, 0.2) is 0 Å². The molecule has 0 aliphatic rings. The molecule has 1 atom stereocenters. The molecule has 1 rings (SSSR count). The Kier molecular flexibility index (Phi) is 4.07. The number of hydrogen-bond acceptors (Lipinski definition) is 2. The maximum atomic E-state index is 5.57. The summed E-state index contributed by atoms with van der Waals surface area (Å²) in [5, 5.41) is 0. The lowest BCUT2D eigenvalue weighted by Crippen LogP contribution is -2.23. The highest BCUT2D eigenvalue weighted by atomic mass is 32.1. The summed E-state index contributed by atoms with van der Waals surface area (Å²) in [4.78, 5) is 4.87. The van der Waals surface area contributed by atoms with Gasteiger partial charge in [0.1, 0.15) is 5.82 Å². The lowest BCUT2D eigenvalue weighted by atomic mass is 10.2. The third kappa shape index (κ3) is 2.80. The van der Waals surface area contributed by atoms with Crippen LogP contribution in [0.25, 0.3) is 0 Å². The first kappa shape index (κ1) is 11.2. The van der Waals surface area contributed by atoms with E-state index >= 15 is 0 Å². The van der Waals surface area contributed by atoms with Gasteiger partial charge in [-0.05, 0) is 6.42 Å². The van der Waals surface area contributed by atoms with Gasteiger partial charge in [0.2, 0.25) is 0 Å². The van der Waals surface area contributed by atoms with Crippen LogP contribution >= 0.6 is 12.2 Å². The Bertz CT molecular complexity index is 306. The maximum absolute atomic E-state index is 5.57. The van der Waals surface area contributed by atoms with Gasteiger partial charge in [0.25, 0.3) is 0 Å². The zero-order valence-electron chi connectivity index (χ0n) is 8.73. The molecule has 0 saturated carbocycles. The Labute approximate surface area is 90.3 Å². The summed E-state index contributed by atoms with van der Waals surface area (Å²) >= 11 is 4.94. The minimum absolute atomic E-state index is 0.231. The molecule has 0 radical (unpaired) electrons. The third-order valence-electron chi connectivity index (χ3n) is 2.23. The Hall–Kier alpha value is -0.900. The first-order valence-corrected chi connectivity index (χ1v) is 5.35. The second-order valence-corrected chi connectivity index (χ2v) is 4.02. The molecular formula is C10H17N3S. The molecule has 0 bridgehead atoms. The number of rotatable bonds is 5. The predicted molar refractivity (Wildman–Crippen MR) is 62.2 cm³/mol. The summed E-state index contributed by atoms with van der Waals surface area (Å²) < 4.78 is 2.13. The van der Waals surface area contributed by atoms with Gasteiger partial charge in [-0.25, -0.2) is 4.98 Å². The minimum Gasteiger partial charge on any atom is -0.393 e. The maximum Gasteiger partial charge on any atom is 0.108 e. The number of imidazole rings is 1. The van der Waals surface area contributed by atoms with Crippen molar-refractivity contribution >= 4 is 17.2 Å². The molecule has 78 valence electrons. The Morgan fingerprint density at radius 3 is 3.00 bits per heavy atom. The van der Waals surface area contributed by atoms with E-state index < -0.39 is 0 Å². The van der Waals surface area contributed by atoms with E-state index in [1.54, 1.807) is 0 Å². The second-order valence-electron chi connectivity index (χ2n) is 3.55. The molecule has 0 saturated heterocycles. The van der Waals surface area contributed by atoms with E-state index in [-0.39, 0.29) is 5.92 Å². The van der Waals surface area contributed by atoms with Gasteiger partial charge < -0.3 is 10.3 Å². The van der Waals surface area contributed by atoms with Crippen molar-refractivity contribution in [3.63, 3.8) is 0 Å². The standard InChI is InChI=1S/C10H17N3S/c1-3-4-9-12-5-6-13(9)7-8(2)10(11)14/h5-6,8H,3-4,7H2,1-2H3,(H2,11,14). The Morgan fingerprint density at radius 2 is 2.43 bits per heavy atom. The predicted octanol–water partition coefficient (Wildman–Crippen LogP) is 1.76. The molecule has 3 nitrogen and oxygen atoms in total. The van der Waals surface area contributed by atoms with E-state index in [2.05, 4.69) is 16.5 Å². The van der Waals surface area contributed by atoms with Gasteiger partial charge in [-0.3, -0.25) is 0 Å². The number of hydrogen-bond donors (Lipinski definition) is 1. The van der Waals surface area contributed by atoms with E-state index in [9.17, 15) is 0 Å².